The molecule has 0 aliphatic carbocycles. The largest absolute Gasteiger partial charge is 0.481 e. The van der Waals surface area contributed by atoms with Gasteiger partial charge in [-0.25, -0.2) is 0 Å². The van der Waals surface area contributed by atoms with Gasteiger partial charge in [-0.3, -0.25) is 4.79 Å². The van der Waals surface area contributed by atoms with Crippen LogP contribution in [0.1, 0.15) is 78.2 Å². The van der Waals surface area contributed by atoms with E-state index in [1.807, 2.05) is 48.5 Å². The number of hydrogen-bond acceptors (Lipinski definition) is 2. The van der Waals surface area contributed by atoms with Crippen molar-refractivity contribution in [3.8, 4) is 0 Å². The first-order valence-corrected chi connectivity index (χ1v) is 10.3. The standard InChI is InChI=1S/C16H18O2S.3C2H6/c1-3-12(7-6-10-15(17)18)16-11(2)13-8-4-5-9-14(13)19-16;3*1-2/h3-5,8-9H,6-7,10H2,1-2H3,(H,17,18);3*1-2H3/b12-3-;;;. The van der Waals surface area contributed by atoms with Crippen LogP contribution in [0.5, 0.6) is 0 Å². The molecule has 2 rings (SSSR count). The van der Waals surface area contributed by atoms with Crippen molar-refractivity contribution in [3.63, 3.8) is 0 Å². The van der Waals surface area contributed by atoms with Crippen molar-refractivity contribution in [2.75, 3.05) is 0 Å². The summed E-state index contributed by atoms with van der Waals surface area (Å²) in [6.07, 6.45) is 3.88. The number of benzene rings is 1. The van der Waals surface area contributed by atoms with E-state index in [1.165, 1.54) is 26.1 Å². The van der Waals surface area contributed by atoms with Gasteiger partial charge in [0.1, 0.15) is 0 Å². The minimum Gasteiger partial charge on any atom is -0.481 e. The Morgan fingerprint density at radius 2 is 1.60 bits per heavy atom. The minimum atomic E-state index is -0.719. The summed E-state index contributed by atoms with van der Waals surface area (Å²) in [4.78, 5) is 11.9. The Hall–Kier alpha value is -1.61. The summed E-state index contributed by atoms with van der Waals surface area (Å²) < 4.78 is 1.30. The summed E-state index contributed by atoms with van der Waals surface area (Å²) in [6.45, 7) is 16.2. The maximum absolute atomic E-state index is 10.6. The van der Waals surface area contributed by atoms with Crippen LogP contribution < -0.4 is 0 Å². The monoisotopic (exact) mass is 364 g/mol. The number of carboxylic acids is 1. The van der Waals surface area contributed by atoms with Crippen molar-refractivity contribution in [2.45, 2.75) is 74.7 Å². The van der Waals surface area contributed by atoms with Crippen LogP contribution in [0.15, 0.2) is 30.3 Å². The van der Waals surface area contributed by atoms with Crippen molar-refractivity contribution in [3.05, 3.63) is 40.8 Å². The van der Waals surface area contributed by atoms with Crippen LogP contribution in [0.3, 0.4) is 0 Å². The van der Waals surface area contributed by atoms with E-state index < -0.39 is 5.97 Å². The Labute approximate surface area is 158 Å². The molecule has 0 fully saturated rings. The summed E-state index contributed by atoms with van der Waals surface area (Å²) in [5.74, 6) is -0.719. The molecule has 0 saturated carbocycles. The zero-order chi connectivity index (χ0) is 19.8. The smallest absolute Gasteiger partial charge is 0.303 e. The Kier molecular flexibility index (Phi) is 16.3. The highest BCUT2D eigenvalue weighted by molar-refractivity contribution is 7.20. The highest BCUT2D eigenvalue weighted by Crippen LogP contribution is 2.36. The zero-order valence-electron chi connectivity index (χ0n) is 17.3. The van der Waals surface area contributed by atoms with Crippen molar-refractivity contribution in [2.24, 2.45) is 0 Å². The fourth-order valence-electron chi connectivity index (χ4n) is 2.30. The third-order valence-electron chi connectivity index (χ3n) is 3.32. The van der Waals surface area contributed by atoms with Crippen molar-refractivity contribution >= 4 is 33.0 Å². The number of allylic oxidation sites excluding steroid dienone is 2. The Morgan fingerprint density at radius 1 is 1.04 bits per heavy atom. The van der Waals surface area contributed by atoms with Crippen molar-refractivity contribution < 1.29 is 9.90 Å². The number of fused-ring (bicyclic) bond motifs is 1. The average Bonchev–Trinajstić information content (AvgIpc) is 3.00. The van der Waals surface area contributed by atoms with Crippen LogP contribution in [0, 0.1) is 6.92 Å². The lowest BCUT2D eigenvalue weighted by atomic mass is 10.0. The zero-order valence-corrected chi connectivity index (χ0v) is 18.1. The molecule has 1 N–H and O–H groups in total. The molecule has 2 aromatic rings. The number of thiophene rings is 1. The lowest BCUT2D eigenvalue weighted by Crippen LogP contribution is -1.94. The van der Waals surface area contributed by atoms with Gasteiger partial charge < -0.3 is 5.11 Å². The molecule has 0 spiro atoms. The van der Waals surface area contributed by atoms with Gasteiger partial charge in [0.25, 0.3) is 0 Å². The molecule has 0 aliphatic heterocycles. The molecule has 0 unspecified atom stereocenters. The minimum absolute atomic E-state index is 0.237. The van der Waals surface area contributed by atoms with Crippen LogP contribution in [0.25, 0.3) is 15.7 Å². The van der Waals surface area contributed by atoms with Gasteiger partial charge in [-0.1, -0.05) is 65.8 Å². The molecule has 0 saturated heterocycles. The molecule has 0 bridgehead atoms. The van der Waals surface area contributed by atoms with Crippen LogP contribution in [-0.2, 0) is 4.79 Å². The Bertz CT molecular complexity index is 624. The maximum atomic E-state index is 10.6. The highest BCUT2D eigenvalue weighted by Gasteiger charge is 2.11. The van der Waals surface area contributed by atoms with Gasteiger partial charge >= 0.3 is 5.97 Å². The van der Waals surface area contributed by atoms with Crippen molar-refractivity contribution in [1.82, 2.24) is 0 Å². The van der Waals surface area contributed by atoms with E-state index in [2.05, 4.69) is 37.3 Å². The van der Waals surface area contributed by atoms with Crippen LogP contribution in [0.4, 0.5) is 0 Å². The molecule has 1 aromatic heterocycles. The number of carboxylic acid groups (broad SMARTS) is 1. The van der Waals surface area contributed by atoms with E-state index in [-0.39, 0.29) is 6.42 Å². The van der Waals surface area contributed by atoms with E-state index >= 15 is 0 Å². The molecule has 1 heterocycles. The second-order valence-corrected chi connectivity index (χ2v) is 5.67. The summed E-state index contributed by atoms with van der Waals surface area (Å²) in [7, 11) is 0. The lowest BCUT2D eigenvalue weighted by Gasteiger charge is -2.05. The van der Waals surface area contributed by atoms with Crippen LogP contribution in [0.2, 0.25) is 0 Å². The van der Waals surface area contributed by atoms with E-state index in [4.69, 9.17) is 5.11 Å². The molecule has 1 aromatic carbocycles. The SMILES string of the molecule is C/C=C(/CCCC(=O)O)c1sc2ccccc2c1C.CC.CC.CC. The molecule has 25 heavy (non-hydrogen) atoms. The second-order valence-electron chi connectivity index (χ2n) is 4.61. The number of rotatable bonds is 5. The first-order valence-electron chi connectivity index (χ1n) is 9.49. The topological polar surface area (TPSA) is 37.3 Å². The number of aryl methyl sites for hydroxylation is 1. The predicted octanol–water partition coefficient (Wildman–Crippen LogP) is 7.95. The summed E-state index contributed by atoms with van der Waals surface area (Å²) >= 11 is 1.80. The Morgan fingerprint density at radius 3 is 2.08 bits per heavy atom. The van der Waals surface area contributed by atoms with Crippen LogP contribution in [-0.4, -0.2) is 11.1 Å². The third kappa shape index (κ3) is 8.35. The van der Waals surface area contributed by atoms with E-state index in [0.717, 1.165) is 6.42 Å². The summed E-state index contributed by atoms with van der Waals surface area (Å²) in [5, 5.41) is 10.0. The quantitative estimate of drug-likeness (QED) is 0.584. The number of carbonyl (C=O) groups is 1. The molecular formula is C22H36O2S. The van der Waals surface area contributed by atoms with Gasteiger partial charge in [-0.2, -0.15) is 0 Å². The average molecular weight is 365 g/mol. The molecule has 142 valence electrons. The first-order chi connectivity index (χ1) is 12.1. The molecule has 0 radical (unpaired) electrons. The number of aliphatic carboxylic acids is 1. The molecule has 2 nitrogen and oxygen atoms in total. The van der Waals surface area contributed by atoms with Gasteiger partial charge in [-0.05, 0) is 49.3 Å². The fourth-order valence-corrected chi connectivity index (χ4v) is 3.61. The predicted molar refractivity (Wildman–Crippen MR) is 116 cm³/mol. The van der Waals surface area contributed by atoms with E-state index in [0.29, 0.717) is 6.42 Å². The second kappa shape index (κ2) is 15.9. The Balaban J connectivity index is 0. The van der Waals surface area contributed by atoms with Crippen LogP contribution >= 0.6 is 11.3 Å². The normalized spacial score (nSPS) is 9.84. The van der Waals surface area contributed by atoms with Gasteiger partial charge in [0.15, 0.2) is 0 Å². The number of hydrogen-bond donors (Lipinski definition) is 1. The highest BCUT2D eigenvalue weighted by atomic mass is 32.1. The molecule has 3 heteroatoms. The summed E-state index contributed by atoms with van der Waals surface area (Å²) in [6, 6.07) is 8.41. The summed E-state index contributed by atoms with van der Waals surface area (Å²) in [5.41, 5.74) is 2.57. The van der Waals surface area contributed by atoms with Gasteiger partial charge in [0.05, 0.1) is 0 Å². The molecule has 0 atom stereocenters. The van der Waals surface area contributed by atoms with Crippen molar-refractivity contribution in [1.29, 1.82) is 0 Å². The van der Waals surface area contributed by atoms with E-state index in [1.54, 1.807) is 11.3 Å². The molecule has 0 aliphatic rings. The van der Waals surface area contributed by atoms with Gasteiger partial charge in [0, 0.05) is 16.0 Å². The van der Waals surface area contributed by atoms with Gasteiger partial charge in [-0.15, -0.1) is 11.3 Å². The third-order valence-corrected chi connectivity index (χ3v) is 4.67. The maximum Gasteiger partial charge on any atom is 0.303 e. The molecule has 0 amide bonds. The lowest BCUT2D eigenvalue weighted by molar-refractivity contribution is -0.137. The van der Waals surface area contributed by atoms with E-state index in [9.17, 15) is 4.79 Å². The first kappa shape index (κ1) is 25.6. The van der Waals surface area contributed by atoms with Gasteiger partial charge in [0.2, 0.25) is 0 Å². The molecular weight excluding hydrogens is 328 g/mol. The fraction of sp³-hybridized carbons (Fsp3) is 0.500.